The van der Waals surface area contributed by atoms with Crippen molar-refractivity contribution in [3.05, 3.63) is 45.5 Å². The number of piperazine rings is 1. The van der Waals surface area contributed by atoms with E-state index in [1.807, 2.05) is 9.80 Å². The van der Waals surface area contributed by atoms with E-state index in [0.717, 1.165) is 12.8 Å². The molecule has 6 nitrogen and oxygen atoms in total. The average molecular weight is 362 g/mol. The number of fused-ring (bicyclic) bond motifs is 2. The SMILES string of the molecule is O=C([C@@H]1C[C@H]2C=C[C@H]1C2)N1CCN(c2ccc(Cl)cc2[N+](=O)[O-])CC1. The van der Waals surface area contributed by atoms with Gasteiger partial charge in [-0.2, -0.15) is 0 Å². The minimum Gasteiger partial charge on any atom is -0.362 e. The van der Waals surface area contributed by atoms with Crippen LogP contribution in [0.2, 0.25) is 5.02 Å². The van der Waals surface area contributed by atoms with E-state index in [4.69, 9.17) is 11.6 Å². The molecule has 1 heterocycles. The quantitative estimate of drug-likeness (QED) is 0.471. The van der Waals surface area contributed by atoms with Crippen LogP contribution in [0.15, 0.2) is 30.4 Å². The van der Waals surface area contributed by atoms with Gasteiger partial charge in [-0.15, -0.1) is 0 Å². The second kappa shape index (κ2) is 6.33. The molecule has 3 aliphatic rings. The first-order valence-electron chi connectivity index (χ1n) is 8.69. The summed E-state index contributed by atoms with van der Waals surface area (Å²) in [6.45, 7) is 2.42. The molecule has 2 fully saturated rings. The number of nitro benzene ring substituents is 1. The summed E-state index contributed by atoms with van der Waals surface area (Å²) in [5.74, 6) is 1.37. The molecule has 1 aromatic rings. The summed E-state index contributed by atoms with van der Waals surface area (Å²) in [6, 6.07) is 4.75. The van der Waals surface area contributed by atoms with Crippen LogP contribution in [0.4, 0.5) is 11.4 Å². The number of hydrogen-bond donors (Lipinski definition) is 0. The van der Waals surface area contributed by atoms with E-state index in [2.05, 4.69) is 12.2 Å². The van der Waals surface area contributed by atoms with Crippen molar-refractivity contribution in [2.24, 2.45) is 17.8 Å². The standard InChI is InChI=1S/C18H20ClN3O3/c19-14-3-4-16(17(11-14)22(24)25)20-5-7-21(8-6-20)18(23)15-10-12-1-2-13(15)9-12/h1-4,11-13,15H,5-10H2/t12-,13-,15+/m0/s1. The third-order valence-corrected chi connectivity index (χ3v) is 5.90. The highest BCUT2D eigenvalue weighted by Gasteiger charge is 2.42. The van der Waals surface area contributed by atoms with Gasteiger partial charge in [0.15, 0.2) is 0 Å². The van der Waals surface area contributed by atoms with Crippen molar-refractivity contribution < 1.29 is 9.72 Å². The number of rotatable bonds is 3. The van der Waals surface area contributed by atoms with Crippen LogP contribution >= 0.6 is 11.6 Å². The van der Waals surface area contributed by atoms with Gasteiger partial charge in [0.05, 0.1) is 4.92 Å². The molecule has 0 radical (unpaired) electrons. The van der Waals surface area contributed by atoms with Gasteiger partial charge < -0.3 is 9.80 Å². The lowest BCUT2D eigenvalue weighted by Gasteiger charge is -2.37. The monoisotopic (exact) mass is 361 g/mol. The fourth-order valence-corrected chi connectivity index (χ4v) is 4.54. The molecule has 3 atom stereocenters. The van der Waals surface area contributed by atoms with Gasteiger partial charge in [-0.3, -0.25) is 14.9 Å². The molecule has 0 unspecified atom stereocenters. The Kier molecular flexibility index (Phi) is 4.15. The number of benzene rings is 1. The van der Waals surface area contributed by atoms with Crippen molar-refractivity contribution in [2.45, 2.75) is 12.8 Å². The van der Waals surface area contributed by atoms with Crippen molar-refractivity contribution in [2.75, 3.05) is 31.1 Å². The predicted molar refractivity (Wildman–Crippen MR) is 95.7 cm³/mol. The van der Waals surface area contributed by atoms with Gasteiger partial charge in [0, 0.05) is 43.2 Å². The Hall–Kier alpha value is -2.08. The lowest BCUT2D eigenvalue weighted by atomic mass is 9.92. The number of hydrogen-bond acceptors (Lipinski definition) is 4. The maximum absolute atomic E-state index is 12.8. The van der Waals surface area contributed by atoms with Crippen LogP contribution in [0.3, 0.4) is 0 Å². The predicted octanol–water partition coefficient (Wildman–Crippen LogP) is 3.11. The molecule has 1 aliphatic heterocycles. The van der Waals surface area contributed by atoms with Crippen LogP contribution in [0, 0.1) is 27.9 Å². The summed E-state index contributed by atoms with van der Waals surface area (Å²) in [4.78, 5) is 27.6. The summed E-state index contributed by atoms with van der Waals surface area (Å²) in [5, 5.41) is 11.6. The zero-order valence-corrected chi connectivity index (χ0v) is 14.6. The van der Waals surface area contributed by atoms with Crippen molar-refractivity contribution in [1.82, 2.24) is 4.90 Å². The second-order valence-corrected chi connectivity index (χ2v) is 7.53. The number of carbonyl (C=O) groups excluding carboxylic acids is 1. The number of nitro groups is 1. The lowest BCUT2D eigenvalue weighted by molar-refractivity contribution is -0.384. The molecule has 2 bridgehead atoms. The van der Waals surface area contributed by atoms with E-state index in [-0.39, 0.29) is 17.5 Å². The summed E-state index contributed by atoms with van der Waals surface area (Å²) < 4.78 is 0. The Morgan fingerprint density at radius 2 is 1.92 bits per heavy atom. The van der Waals surface area contributed by atoms with Crippen LogP contribution in [0.5, 0.6) is 0 Å². The number of allylic oxidation sites excluding steroid dienone is 2. The number of halogens is 1. The lowest BCUT2D eigenvalue weighted by Crippen LogP contribution is -2.51. The minimum atomic E-state index is -0.402. The van der Waals surface area contributed by atoms with Crippen LogP contribution < -0.4 is 4.90 Å². The highest BCUT2D eigenvalue weighted by atomic mass is 35.5. The highest BCUT2D eigenvalue weighted by Crippen LogP contribution is 2.44. The fraction of sp³-hybridized carbons (Fsp3) is 0.500. The van der Waals surface area contributed by atoms with Crippen molar-refractivity contribution in [3.8, 4) is 0 Å². The molecule has 0 aromatic heterocycles. The van der Waals surface area contributed by atoms with Crippen molar-refractivity contribution >= 4 is 28.9 Å². The average Bonchev–Trinajstić information content (AvgIpc) is 3.24. The minimum absolute atomic E-state index is 0.0190. The molecule has 0 N–H and O–H groups in total. The van der Waals surface area contributed by atoms with Gasteiger partial charge in [0.1, 0.15) is 5.69 Å². The largest absolute Gasteiger partial charge is 0.362 e. The Balaban J connectivity index is 1.43. The zero-order chi connectivity index (χ0) is 17.6. The molecule has 1 saturated heterocycles. The van der Waals surface area contributed by atoms with Crippen molar-refractivity contribution in [1.29, 1.82) is 0 Å². The number of carbonyl (C=O) groups is 1. The molecule has 0 spiro atoms. The summed E-state index contributed by atoms with van der Waals surface area (Å²) in [6.07, 6.45) is 6.53. The fourth-order valence-electron chi connectivity index (χ4n) is 4.38. The molecule has 1 amide bonds. The highest BCUT2D eigenvalue weighted by molar-refractivity contribution is 6.30. The van der Waals surface area contributed by atoms with Gasteiger partial charge in [-0.05, 0) is 36.8 Å². The number of amides is 1. The first-order valence-corrected chi connectivity index (χ1v) is 9.06. The molecular weight excluding hydrogens is 342 g/mol. The van der Waals surface area contributed by atoms with Gasteiger partial charge in [-0.1, -0.05) is 23.8 Å². The van der Waals surface area contributed by atoms with E-state index >= 15 is 0 Å². The first-order chi connectivity index (χ1) is 12.0. The topological polar surface area (TPSA) is 66.7 Å². The Morgan fingerprint density at radius 1 is 1.16 bits per heavy atom. The van der Waals surface area contributed by atoms with Gasteiger partial charge in [0.2, 0.25) is 5.91 Å². The molecule has 1 saturated carbocycles. The van der Waals surface area contributed by atoms with Crippen LogP contribution in [-0.2, 0) is 4.79 Å². The first kappa shape index (κ1) is 16.4. The maximum Gasteiger partial charge on any atom is 0.294 e. The number of anilines is 1. The van der Waals surface area contributed by atoms with E-state index in [9.17, 15) is 14.9 Å². The van der Waals surface area contributed by atoms with Crippen LogP contribution in [-0.4, -0.2) is 41.9 Å². The Morgan fingerprint density at radius 3 is 2.52 bits per heavy atom. The van der Waals surface area contributed by atoms with Gasteiger partial charge >= 0.3 is 0 Å². The van der Waals surface area contributed by atoms with Gasteiger partial charge in [0.25, 0.3) is 5.69 Å². The summed E-state index contributed by atoms with van der Waals surface area (Å²) in [5.41, 5.74) is 0.592. The molecule has 7 heteroatoms. The Labute approximate surface area is 151 Å². The molecule has 1 aromatic carbocycles. The molecule has 4 rings (SSSR count). The van der Waals surface area contributed by atoms with Crippen molar-refractivity contribution in [3.63, 3.8) is 0 Å². The second-order valence-electron chi connectivity index (χ2n) is 7.09. The smallest absolute Gasteiger partial charge is 0.294 e. The zero-order valence-electron chi connectivity index (χ0n) is 13.8. The third-order valence-electron chi connectivity index (χ3n) is 5.66. The van der Waals surface area contributed by atoms with E-state index in [1.165, 1.54) is 6.07 Å². The molecule has 132 valence electrons. The van der Waals surface area contributed by atoms with Crippen LogP contribution in [0.1, 0.15) is 12.8 Å². The molecular formula is C18H20ClN3O3. The Bertz CT molecular complexity index is 743. The molecule has 25 heavy (non-hydrogen) atoms. The van der Waals surface area contributed by atoms with Crippen LogP contribution in [0.25, 0.3) is 0 Å². The third kappa shape index (κ3) is 2.99. The normalized spacial score (nSPS) is 27.8. The summed E-state index contributed by atoms with van der Waals surface area (Å²) >= 11 is 5.89. The number of nitrogens with zero attached hydrogens (tertiary/aromatic N) is 3. The summed E-state index contributed by atoms with van der Waals surface area (Å²) in [7, 11) is 0. The van der Waals surface area contributed by atoms with E-state index in [0.29, 0.717) is 48.7 Å². The van der Waals surface area contributed by atoms with E-state index < -0.39 is 4.92 Å². The maximum atomic E-state index is 12.8. The van der Waals surface area contributed by atoms with Gasteiger partial charge in [-0.25, -0.2) is 0 Å². The molecule has 2 aliphatic carbocycles. The van der Waals surface area contributed by atoms with E-state index in [1.54, 1.807) is 12.1 Å².